The van der Waals surface area contributed by atoms with Crippen molar-refractivity contribution in [2.45, 2.75) is 6.04 Å². The van der Waals surface area contributed by atoms with E-state index in [1.165, 1.54) is 24.3 Å². The minimum Gasteiger partial charge on any atom is -0.345 e. The second kappa shape index (κ2) is 9.09. The van der Waals surface area contributed by atoms with Gasteiger partial charge in [0.1, 0.15) is 0 Å². The molecule has 0 bridgehead atoms. The number of rotatable bonds is 7. The van der Waals surface area contributed by atoms with Gasteiger partial charge in [0, 0.05) is 17.7 Å². The maximum Gasteiger partial charge on any atom is 0.270 e. The average molecular weight is 429 g/mol. The van der Waals surface area contributed by atoms with Crippen LogP contribution in [0.2, 0.25) is 0 Å². The standard InChI is InChI=1S/C23H19N5O4/c29-21(13-24-23(30)17-7-4-8-18(11-17)28(31)32)27-22(15-5-2-1-3-6-15)16-9-10-19-20(12-16)26-14-25-19/h1-12,14,22H,13H2,(H,24,30)(H,25,26)(H,27,29). The minimum atomic E-state index is -0.579. The third-order valence-electron chi connectivity index (χ3n) is 4.94. The maximum atomic E-state index is 12.7. The van der Waals surface area contributed by atoms with Crippen LogP contribution in [-0.2, 0) is 4.79 Å². The van der Waals surface area contributed by atoms with E-state index in [4.69, 9.17) is 0 Å². The molecule has 9 nitrogen and oxygen atoms in total. The summed E-state index contributed by atoms with van der Waals surface area (Å²) in [5.41, 5.74) is 3.31. The Hall–Kier alpha value is -4.53. The van der Waals surface area contributed by atoms with Gasteiger partial charge in [-0.1, -0.05) is 42.5 Å². The molecule has 9 heteroatoms. The molecule has 0 aliphatic rings. The third-order valence-corrected chi connectivity index (χ3v) is 4.94. The Morgan fingerprint density at radius 1 is 1.00 bits per heavy atom. The van der Waals surface area contributed by atoms with Crippen LogP contribution in [0.3, 0.4) is 0 Å². The number of hydrogen-bond donors (Lipinski definition) is 3. The lowest BCUT2D eigenvalue weighted by Crippen LogP contribution is -2.39. The number of H-pyrrole nitrogens is 1. The lowest BCUT2D eigenvalue weighted by molar-refractivity contribution is -0.384. The molecule has 0 fully saturated rings. The summed E-state index contributed by atoms with van der Waals surface area (Å²) in [6.45, 7) is -0.281. The first-order valence-electron chi connectivity index (χ1n) is 9.81. The van der Waals surface area contributed by atoms with Crippen molar-refractivity contribution in [3.05, 3.63) is 106 Å². The van der Waals surface area contributed by atoms with Gasteiger partial charge in [-0.05, 0) is 29.3 Å². The largest absolute Gasteiger partial charge is 0.345 e. The Labute approximate surface area is 182 Å². The molecule has 1 aromatic heterocycles. The van der Waals surface area contributed by atoms with E-state index in [1.54, 1.807) is 6.33 Å². The molecule has 3 N–H and O–H groups in total. The number of carbonyl (C=O) groups is 2. The lowest BCUT2D eigenvalue weighted by atomic mass is 9.98. The van der Waals surface area contributed by atoms with E-state index in [0.717, 1.165) is 22.2 Å². The second-order valence-electron chi connectivity index (χ2n) is 7.08. The topological polar surface area (TPSA) is 130 Å². The summed E-state index contributed by atoms with van der Waals surface area (Å²) in [4.78, 5) is 42.6. The first kappa shape index (κ1) is 20.7. The summed E-state index contributed by atoms with van der Waals surface area (Å²) in [5, 5.41) is 16.4. The highest BCUT2D eigenvalue weighted by Gasteiger charge is 2.19. The molecule has 0 saturated heterocycles. The van der Waals surface area contributed by atoms with Crippen molar-refractivity contribution in [1.82, 2.24) is 20.6 Å². The Morgan fingerprint density at radius 3 is 2.59 bits per heavy atom. The number of fused-ring (bicyclic) bond motifs is 1. The molecule has 1 heterocycles. The van der Waals surface area contributed by atoms with Crippen LogP contribution in [0.4, 0.5) is 5.69 Å². The van der Waals surface area contributed by atoms with Gasteiger partial charge in [0.05, 0.1) is 34.9 Å². The molecule has 1 atom stereocenters. The highest BCUT2D eigenvalue weighted by atomic mass is 16.6. The van der Waals surface area contributed by atoms with Crippen molar-refractivity contribution >= 4 is 28.5 Å². The molecule has 160 valence electrons. The number of nitro groups is 1. The molecular weight excluding hydrogens is 410 g/mol. The van der Waals surface area contributed by atoms with Gasteiger partial charge in [0.2, 0.25) is 5.91 Å². The fourth-order valence-corrected chi connectivity index (χ4v) is 3.37. The van der Waals surface area contributed by atoms with E-state index >= 15 is 0 Å². The van der Waals surface area contributed by atoms with Gasteiger partial charge < -0.3 is 15.6 Å². The quantitative estimate of drug-likeness (QED) is 0.307. The summed E-state index contributed by atoms with van der Waals surface area (Å²) in [7, 11) is 0. The van der Waals surface area contributed by atoms with E-state index in [2.05, 4.69) is 20.6 Å². The Morgan fingerprint density at radius 2 is 1.81 bits per heavy atom. The SMILES string of the molecule is O=C(CNC(=O)c1cccc([N+](=O)[O-])c1)NC(c1ccccc1)c1ccc2nc[nH]c2c1. The zero-order valence-electron chi connectivity index (χ0n) is 16.8. The second-order valence-corrected chi connectivity index (χ2v) is 7.08. The summed E-state index contributed by atoms with van der Waals surface area (Å²) in [6.07, 6.45) is 1.61. The van der Waals surface area contributed by atoms with Crippen LogP contribution in [0.25, 0.3) is 11.0 Å². The molecule has 1 unspecified atom stereocenters. The van der Waals surface area contributed by atoms with Gasteiger partial charge in [0.25, 0.3) is 11.6 Å². The van der Waals surface area contributed by atoms with Gasteiger partial charge >= 0.3 is 0 Å². The van der Waals surface area contributed by atoms with Crippen LogP contribution in [0, 0.1) is 10.1 Å². The van der Waals surface area contributed by atoms with E-state index in [1.807, 2.05) is 48.5 Å². The summed E-state index contributed by atoms with van der Waals surface area (Å²) in [6, 6.07) is 20.0. The number of non-ortho nitro benzene ring substituents is 1. The Bertz CT molecular complexity index is 1290. The molecule has 4 rings (SSSR count). The smallest absolute Gasteiger partial charge is 0.270 e. The molecule has 0 aliphatic heterocycles. The lowest BCUT2D eigenvalue weighted by Gasteiger charge is -2.20. The molecule has 2 amide bonds. The molecule has 0 radical (unpaired) electrons. The van der Waals surface area contributed by atoms with Crippen molar-refractivity contribution in [2.75, 3.05) is 6.54 Å². The van der Waals surface area contributed by atoms with Gasteiger partial charge in [-0.15, -0.1) is 0 Å². The summed E-state index contributed by atoms with van der Waals surface area (Å²) >= 11 is 0. The van der Waals surface area contributed by atoms with Crippen LogP contribution in [0.1, 0.15) is 27.5 Å². The fraction of sp³-hybridized carbons (Fsp3) is 0.0870. The molecule has 32 heavy (non-hydrogen) atoms. The van der Waals surface area contributed by atoms with Crippen LogP contribution >= 0.6 is 0 Å². The average Bonchev–Trinajstić information content (AvgIpc) is 3.29. The number of nitrogens with one attached hydrogen (secondary N) is 3. The van der Waals surface area contributed by atoms with Crippen LogP contribution in [-0.4, -0.2) is 33.3 Å². The zero-order valence-corrected chi connectivity index (χ0v) is 16.8. The molecule has 0 spiro atoms. The summed E-state index contributed by atoms with van der Waals surface area (Å²) in [5.74, 6) is -0.971. The maximum absolute atomic E-state index is 12.7. The predicted molar refractivity (Wildman–Crippen MR) is 118 cm³/mol. The van der Waals surface area contributed by atoms with E-state index in [-0.39, 0.29) is 17.8 Å². The number of aromatic nitrogens is 2. The number of hydrogen-bond acceptors (Lipinski definition) is 5. The number of aromatic amines is 1. The predicted octanol–water partition coefficient (Wildman–Crippen LogP) is 3.11. The van der Waals surface area contributed by atoms with Crippen LogP contribution < -0.4 is 10.6 Å². The molecule has 0 saturated carbocycles. The number of carbonyl (C=O) groups excluding carboxylic acids is 2. The van der Waals surface area contributed by atoms with Crippen molar-refractivity contribution in [2.24, 2.45) is 0 Å². The van der Waals surface area contributed by atoms with Gasteiger partial charge in [-0.25, -0.2) is 4.98 Å². The van der Waals surface area contributed by atoms with Crippen molar-refractivity contribution in [1.29, 1.82) is 0 Å². The van der Waals surface area contributed by atoms with Crippen molar-refractivity contribution in [3.8, 4) is 0 Å². The number of benzene rings is 3. The third kappa shape index (κ3) is 4.62. The number of nitro benzene ring substituents is 1. The first-order chi connectivity index (χ1) is 15.5. The molecule has 0 aliphatic carbocycles. The molecular formula is C23H19N5O4. The van der Waals surface area contributed by atoms with E-state index < -0.39 is 22.8 Å². The first-order valence-corrected chi connectivity index (χ1v) is 9.81. The monoisotopic (exact) mass is 429 g/mol. The van der Waals surface area contributed by atoms with Gasteiger partial charge in [-0.2, -0.15) is 0 Å². The zero-order chi connectivity index (χ0) is 22.5. The Kier molecular flexibility index (Phi) is 5.89. The number of amides is 2. The van der Waals surface area contributed by atoms with E-state index in [9.17, 15) is 19.7 Å². The fourth-order valence-electron chi connectivity index (χ4n) is 3.37. The molecule has 3 aromatic carbocycles. The van der Waals surface area contributed by atoms with Gasteiger partial charge in [-0.3, -0.25) is 19.7 Å². The normalized spacial score (nSPS) is 11.6. The molecule has 4 aromatic rings. The minimum absolute atomic E-state index is 0.108. The number of nitrogens with zero attached hydrogens (tertiary/aromatic N) is 2. The summed E-state index contributed by atoms with van der Waals surface area (Å²) < 4.78 is 0. The number of imidazole rings is 1. The van der Waals surface area contributed by atoms with Crippen molar-refractivity contribution < 1.29 is 14.5 Å². The van der Waals surface area contributed by atoms with Crippen LogP contribution in [0.15, 0.2) is 79.1 Å². The van der Waals surface area contributed by atoms with Crippen molar-refractivity contribution in [3.63, 3.8) is 0 Å². The highest BCUT2D eigenvalue weighted by Crippen LogP contribution is 2.24. The highest BCUT2D eigenvalue weighted by molar-refractivity contribution is 5.97. The van der Waals surface area contributed by atoms with Gasteiger partial charge in [0.15, 0.2) is 0 Å². The van der Waals surface area contributed by atoms with E-state index in [0.29, 0.717) is 0 Å². The van der Waals surface area contributed by atoms with Crippen LogP contribution in [0.5, 0.6) is 0 Å². The Balaban J connectivity index is 1.48.